The Kier molecular flexibility index (Phi) is 7.92. The van der Waals surface area contributed by atoms with Crippen molar-refractivity contribution in [3.05, 3.63) is 70.9 Å². The van der Waals surface area contributed by atoms with Crippen molar-refractivity contribution in [3.63, 3.8) is 0 Å². The summed E-state index contributed by atoms with van der Waals surface area (Å²) >= 11 is 0. The van der Waals surface area contributed by atoms with E-state index >= 15 is 0 Å². The van der Waals surface area contributed by atoms with E-state index in [2.05, 4.69) is 10.6 Å². The predicted molar refractivity (Wildman–Crippen MR) is 108 cm³/mol. The Balaban J connectivity index is 1.84. The average molecular weight is 379 g/mol. The maximum atomic E-state index is 12.2. The molecule has 6 heteroatoms. The largest absolute Gasteiger partial charge is 0.493 e. The van der Waals surface area contributed by atoms with E-state index in [4.69, 9.17) is 9.47 Å². The first kappa shape index (κ1) is 20.8. The molecule has 2 N–H and O–H groups in total. The highest BCUT2D eigenvalue weighted by Gasteiger charge is 2.09. The molecule has 0 unspecified atom stereocenters. The minimum Gasteiger partial charge on any atom is -0.493 e. The molecule has 0 heterocycles. The van der Waals surface area contributed by atoms with Crippen molar-refractivity contribution >= 4 is 5.91 Å². The second kappa shape index (κ2) is 10.6. The first-order valence-corrected chi connectivity index (χ1v) is 8.95. The monoisotopic (exact) mass is 379 g/mol. The fraction of sp³-hybridized carbons (Fsp3) is 0.273. The number of nitrogens with zero attached hydrogens (tertiary/aromatic N) is 1. The van der Waals surface area contributed by atoms with Crippen LogP contribution in [-0.4, -0.2) is 26.7 Å². The van der Waals surface area contributed by atoms with Crippen LogP contribution in [0.1, 0.15) is 16.7 Å². The topological polar surface area (TPSA) is 83.4 Å². The quantitative estimate of drug-likeness (QED) is 0.517. The summed E-state index contributed by atoms with van der Waals surface area (Å²) in [5, 5.41) is 15.0. The van der Waals surface area contributed by atoms with Crippen molar-refractivity contribution in [1.82, 2.24) is 10.6 Å². The van der Waals surface area contributed by atoms with Gasteiger partial charge in [-0.05, 0) is 36.6 Å². The van der Waals surface area contributed by atoms with E-state index in [9.17, 15) is 10.1 Å². The fourth-order valence-corrected chi connectivity index (χ4v) is 2.58. The molecule has 0 aliphatic heterocycles. The summed E-state index contributed by atoms with van der Waals surface area (Å²) in [5.74, 6) is 0.897. The van der Waals surface area contributed by atoms with Crippen molar-refractivity contribution in [3.8, 4) is 17.6 Å². The van der Waals surface area contributed by atoms with Gasteiger partial charge in [0.2, 0.25) is 0 Å². The van der Waals surface area contributed by atoms with Gasteiger partial charge in [-0.3, -0.25) is 4.79 Å². The van der Waals surface area contributed by atoms with Gasteiger partial charge in [0.05, 0.1) is 14.2 Å². The lowest BCUT2D eigenvalue weighted by Gasteiger charge is -2.10. The van der Waals surface area contributed by atoms with Crippen LogP contribution >= 0.6 is 0 Å². The van der Waals surface area contributed by atoms with Gasteiger partial charge >= 0.3 is 0 Å². The van der Waals surface area contributed by atoms with Crippen LogP contribution in [0.15, 0.2) is 54.2 Å². The minimum atomic E-state index is -0.403. The Labute approximate surface area is 165 Å². The van der Waals surface area contributed by atoms with E-state index in [1.54, 1.807) is 14.2 Å². The minimum absolute atomic E-state index is 0.0411. The zero-order valence-electron chi connectivity index (χ0n) is 16.4. The van der Waals surface area contributed by atoms with Gasteiger partial charge in [-0.25, -0.2) is 0 Å². The molecule has 2 aromatic carbocycles. The number of hydrogen-bond acceptors (Lipinski definition) is 5. The molecule has 0 bridgehead atoms. The van der Waals surface area contributed by atoms with Crippen LogP contribution in [0.5, 0.6) is 11.5 Å². The zero-order valence-corrected chi connectivity index (χ0v) is 16.4. The zero-order chi connectivity index (χ0) is 20.4. The molecule has 0 aromatic heterocycles. The van der Waals surface area contributed by atoms with Crippen molar-refractivity contribution in [1.29, 1.82) is 5.26 Å². The number of aryl methyl sites for hydroxylation is 1. The van der Waals surface area contributed by atoms with Gasteiger partial charge in [0, 0.05) is 19.3 Å². The molecule has 0 fully saturated rings. The summed E-state index contributed by atoms with van der Waals surface area (Å²) < 4.78 is 10.5. The Morgan fingerprint density at radius 1 is 1.07 bits per heavy atom. The predicted octanol–water partition coefficient (Wildman–Crippen LogP) is 2.87. The summed E-state index contributed by atoms with van der Waals surface area (Å²) in [6.45, 7) is 2.98. The van der Waals surface area contributed by atoms with Gasteiger partial charge in [0.15, 0.2) is 11.5 Å². The Morgan fingerprint density at radius 2 is 1.75 bits per heavy atom. The molecular formula is C22H25N3O3. The number of nitrogens with one attached hydrogen (secondary N) is 2. The molecule has 146 valence electrons. The van der Waals surface area contributed by atoms with E-state index in [0.717, 1.165) is 11.1 Å². The molecule has 0 spiro atoms. The fourth-order valence-electron chi connectivity index (χ4n) is 2.58. The lowest BCUT2D eigenvalue weighted by atomic mass is 10.1. The normalized spacial score (nSPS) is 10.7. The molecule has 2 aromatic rings. The SMILES string of the molecule is COc1ccc(CCNC(=O)/C(C#N)=C\NCc2ccc(C)cc2)cc1OC. The summed E-state index contributed by atoms with van der Waals surface area (Å²) in [6.07, 6.45) is 2.06. The van der Waals surface area contributed by atoms with Crippen molar-refractivity contribution in [2.24, 2.45) is 0 Å². The lowest BCUT2D eigenvalue weighted by Crippen LogP contribution is -2.27. The Bertz CT molecular complexity index is 868. The third-order valence-corrected chi connectivity index (χ3v) is 4.19. The van der Waals surface area contributed by atoms with Gasteiger partial charge in [-0.2, -0.15) is 5.26 Å². The summed E-state index contributed by atoms with van der Waals surface area (Å²) in [4.78, 5) is 12.2. The number of methoxy groups -OCH3 is 2. The number of hydrogen-bond donors (Lipinski definition) is 2. The van der Waals surface area contributed by atoms with Crippen LogP contribution in [0.3, 0.4) is 0 Å². The molecule has 0 radical (unpaired) electrons. The highest BCUT2D eigenvalue weighted by Crippen LogP contribution is 2.27. The number of carbonyl (C=O) groups is 1. The molecule has 0 aliphatic carbocycles. The molecule has 0 aliphatic rings. The number of amides is 1. The number of nitriles is 1. The molecule has 2 rings (SSSR count). The summed E-state index contributed by atoms with van der Waals surface area (Å²) in [5.41, 5.74) is 3.30. The highest BCUT2D eigenvalue weighted by molar-refractivity contribution is 5.97. The second-order valence-corrected chi connectivity index (χ2v) is 6.23. The molecule has 0 saturated carbocycles. The first-order chi connectivity index (χ1) is 13.6. The van der Waals surface area contributed by atoms with E-state index in [0.29, 0.717) is 31.0 Å². The summed E-state index contributed by atoms with van der Waals surface area (Å²) in [6, 6.07) is 15.6. The van der Waals surface area contributed by atoms with Crippen LogP contribution in [0.4, 0.5) is 0 Å². The Morgan fingerprint density at radius 3 is 2.39 bits per heavy atom. The van der Waals surface area contributed by atoms with Crippen LogP contribution in [-0.2, 0) is 17.8 Å². The van der Waals surface area contributed by atoms with E-state index in [1.165, 1.54) is 11.8 Å². The van der Waals surface area contributed by atoms with Crippen LogP contribution in [0.25, 0.3) is 0 Å². The smallest absolute Gasteiger partial charge is 0.263 e. The lowest BCUT2D eigenvalue weighted by molar-refractivity contribution is -0.117. The highest BCUT2D eigenvalue weighted by atomic mass is 16.5. The third kappa shape index (κ3) is 6.06. The van der Waals surface area contributed by atoms with Gasteiger partial charge < -0.3 is 20.1 Å². The van der Waals surface area contributed by atoms with Crippen LogP contribution < -0.4 is 20.1 Å². The number of carbonyl (C=O) groups excluding carboxylic acids is 1. The van der Waals surface area contributed by atoms with Gasteiger partial charge in [0.25, 0.3) is 5.91 Å². The number of rotatable bonds is 9. The maximum absolute atomic E-state index is 12.2. The average Bonchev–Trinajstić information content (AvgIpc) is 2.72. The van der Waals surface area contributed by atoms with Gasteiger partial charge in [0.1, 0.15) is 11.6 Å². The number of benzene rings is 2. The number of ether oxygens (including phenoxy) is 2. The Hall–Kier alpha value is -3.46. The van der Waals surface area contributed by atoms with E-state index in [1.807, 2.05) is 55.5 Å². The van der Waals surface area contributed by atoms with Crippen molar-refractivity contribution in [2.45, 2.75) is 19.9 Å². The molecule has 6 nitrogen and oxygen atoms in total. The van der Waals surface area contributed by atoms with Crippen LogP contribution in [0.2, 0.25) is 0 Å². The summed E-state index contributed by atoms with van der Waals surface area (Å²) in [7, 11) is 3.16. The van der Waals surface area contributed by atoms with Gasteiger partial charge in [-0.15, -0.1) is 0 Å². The second-order valence-electron chi connectivity index (χ2n) is 6.23. The maximum Gasteiger partial charge on any atom is 0.263 e. The molecule has 0 saturated heterocycles. The molecule has 0 atom stereocenters. The molecular weight excluding hydrogens is 354 g/mol. The standard InChI is InChI=1S/C22H25N3O3/c1-16-4-6-18(7-5-16)14-24-15-19(13-23)22(26)25-11-10-17-8-9-20(27-2)21(12-17)28-3/h4-9,12,15,24H,10-11,14H2,1-3H3,(H,25,26)/b19-15-. The van der Waals surface area contributed by atoms with Crippen LogP contribution in [0, 0.1) is 18.3 Å². The van der Waals surface area contributed by atoms with Gasteiger partial charge in [-0.1, -0.05) is 35.9 Å². The van der Waals surface area contributed by atoms with E-state index in [-0.39, 0.29) is 5.57 Å². The van der Waals surface area contributed by atoms with Crippen molar-refractivity contribution < 1.29 is 14.3 Å². The molecule has 28 heavy (non-hydrogen) atoms. The first-order valence-electron chi connectivity index (χ1n) is 8.95. The third-order valence-electron chi connectivity index (χ3n) is 4.19. The van der Waals surface area contributed by atoms with Crippen molar-refractivity contribution in [2.75, 3.05) is 20.8 Å². The molecule has 1 amide bonds. The van der Waals surface area contributed by atoms with E-state index < -0.39 is 5.91 Å².